The van der Waals surface area contributed by atoms with Gasteiger partial charge in [-0.05, 0) is 35.9 Å². The summed E-state index contributed by atoms with van der Waals surface area (Å²) < 4.78 is 17.0. The van der Waals surface area contributed by atoms with Crippen LogP contribution in [0, 0.1) is 10.1 Å². The van der Waals surface area contributed by atoms with E-state index in [4.69, 9.17) is 37.4 Å². The third-order valence-corrected chi connectivity index (χ3v) is 6.23. The molecule has 1 N–H and O–H groups in total. The number of para-hydroxylation sites is 1. The highest BCUT2D eigenvalue weighted by molar-refractivity contribution is 6.35. The van der Waals surface area contributed by atoms with Crippen molar-refractivity contribution in [3.63, 3.8) is 0 Å². The molecule has 0 radical (unpaired) electrons. The smallest absolute Gasteiger partial charge is 0.282 e. The first-order valence-corrected chi connectivity index (χ1v) is 12.6. The van der Waals surface area contributed by atoms with E-state index in [1.165, 1.54) is 19.2 Å². The first-order chi connectivity index (χ1) is 19.4. The van der Waals surface area contributed by atoms with E-state index in [9.17, 15) is 14.9 Å². The minimum absolute atomic E-state index is 0.105. The number of hydrogen-bond donors (Lipinski definition) is 1. The molecule has 40 heavy (non-hydrogen) atoms. The SMILES string of the molecule is COc1cc(/C=N/NC(=O)c2ccccc2OCc2ccc(Cl)cc2Cl)c([N+](=O)[O-])cc1OCc1ccccc1. The molecule has 0 saturated heterocycles. The minimum atomic E-state index is -0.577. The zero-order chi connectivity index (χ0) is 28.5. The quantitative estimate of drug-likeness (QED) is 0.118. The summed E-state index contributed by atoms with van der Waals surface area (Å²) in [6.07, 6.45) is 1.16. The Bertz CT molecular complexity index is 1550. The van der Waals surface area contributed by atoms with E-state index >= 15 is 0 Å². The Hall–Kier alpha value is -4.60. The Labute approximate surface area is 240 Å². The number of benzene rings is 4. The van der Waals surface area contributed by atoms with Crippen LogP contribution in [0.15, 0.2) is 90.0 Å². The van der Waals surface area contributed by atoms with Gasteiger partial charge >= 0.3 is 0 Å². The second-order valence-corrected chi connectivity index (χ2v) is 9.16. The molecule has 0 aromatic heterocycles. The van der Waals surface area contributed by atoms with E-state index in [0.717, 1.165) is 11.8 Å². The summed E-state index contributed by atoms with van der Waals surface area (Å²) >= 11 is 12.1. The number of nitro benzene ring substituents is 1. The summed E-state index contributed by atoms with van der Waals surface area (Å²) in [6, 6.07) is 23.7. The lowest BCUT2D eigenvalue weighted by atomic mass is 10.1. The van der Waals surface area contributed by atoms with Gasteiger partial charge in [0.15, 0.2) is 11.5 Å². The van der Waals surface area contributed by atoms with Crippen LogP contribution in [-0.4, -0.2) is 24.2 Å². The molecular weight excluding hydrogens is 557 g/mol. The highest BCUT2D eigenvalue weighted by Gasteiger charge is 2.19. The van der Waals surface area contributed by atoms with Crippen LogP contribution >= 0.6 is 23.2 Å². The van der Waals surface area contributed by atoms with Crippen molar-refractivity contribution in [1.29, 1.82) is 0 Å². The fraction of sp³-hybridized carbons (Fsp3) is 0.103. The molecule has 9 nitrogen and oxygen atoms in total. The Kier molecular flexibility index (Phi) is 9.56. The number of ether oxygens (including phenoxy) is 3. The Morgan fingerprint density at radius 2 is 1.65 bits per heavy atom. The summed E-state index contributed by atoms with van der Waals surface area (Å²) in [7, 11) is 1.42. The highest BCUT2D eigenvalue weighted by atomic mass is 35.5. The summed E-state index contributed by atoms with van der Waals surface area (Å²) in [5, 5.41) is 16.6. The van der Waals surface area contributed by atoms with Crippen LogP contribution in [-0.2, 0) is 13.2 Å². The van der Waals surface area contributed by atoms with Crippen LogP contribution in [0.3, 0.4) is 0 Å². The van der Waals surface area contributed by atoms with Crippen molar-refractivity contribution in [2.75, 3.05) is 7.11 Å². The maximum Gasteiger partial charge on any atom is 0.282 e. The number of hydrazone groups is 1. The molecule has 4 aromatic carbocycles. The summed E-state index contributed by atoms with van der Waals surface area (Å²) in [6.45, 7) is 0.303. The second-order valence-electron chi connectivity index (χ2n) is 8.31. The third-order valence-electron chi connectivity index (χ3n) is 5.65. The molecule has 204 valence electrons. The molecule has 1 amide bonds. The standard InChI is InChI=1S/C29H23Cl2N3O6/c1-38-27-13-21(25(34(36)37)15-28(27)39-17-19-7-3-2-4-8-19)16-32-33-29(35)23-9-5-6-10-26(23)40-18-20-11-12-22(30)14-24(20)31/h2-16H,17-18H2,1H3,(H,33,35)/b32-16+. The lowest BCUT2D eigenvalue weighted by molar-refractivity contribution is -0.385. The highest BCUT2D eigenvalue weighted by Crippen LogP contribution is 2.34. The van der Waals surface area contributed by atoms with Crippen LogP contribution < -0.4 is 19.6 Å². The van der Waals surface area contributed by atoms with Crippen molar-refractivity contribution >= 4 is 41.0 Å². The van der Waals surface area contributed by atoms with Crippen molar-refractivity contribution in [3.8, 4) is 17.2 Å². The second kappa shape index (κ2) is 13.5. The van der Waals surface area contributed by atoms with Gasteiger partial charge in [-0.25, -0.2) is 5.43 Å². The summed E-state index contributed by atoms with van der Waals surface area (Å²) in [5.74, 6) is 0.195. The van der Waals surface area contributed by atoms with E-state index in [0.29, 0.717) is 21.4 Å². The zero-order valence-corrected chi connectivity index (χ0v) is 22.7. The predicted molar refractivity (Wildman–Crippen MR) is 153 cm³/mol. The molecule has 0 unspecified atom stereocenters. The number of amides is 1. The molecule has 0 heterocycles. The van der Waals surface area contributed by atoms with Gasteiger partial charge in [-0.2, -0.15) is 5.10 Å². The molecule has 0 bridgehead atoms. The molecule has 4 rings (SSSR count). The van der Waals surface area contributed by atoms with Crippen LogP contribution in [0.1, 0.15) is 27.0 Å². The first-order valence-electron chi connectivity index (χ1n) is 11.9. The molecule has 0 atom stereocenters. The van der Waals surface area contributed by atoms with Crippen molar-refractivity contribution in [2.45, 2.75) is 13.2 Å². The van der Waals surface area contributed by atoms with Gasteiger partial charge in [0, 0.05) is 15.6 Å². The van der Waals surface area contributed by atoms with Crippen molar-refractivity contribution < 1.29 is 23.9 Å². The zero-order valence-electron chi connectivity index (χ0n) is 21.2. The summed E-state index contributed by atoms with van der Waals surface area (Å²) in [5.41, 5.74) is 4.01. The maximum atomic E-state index is 12.9. The van der Waals surface area contributed by atoms with Gasteiger partial charge in [0.1, 0.15) is 19.0 Å². The lowest BCUT2D eigenvalue weighted by Crippen LogP contribution is -2.19. The van der Waals surface area contributed by atoms with E-state index in [1.54, 1.807) is 42.5 Å². The van der Waals surface area contributed by atoms with Crippen LogP contribution in [0.4, 0.5) is 5.69 Å². The normalized spacial score (nSPS) is 10.8. The molecule has 0 saturated carbocycles. The van der Waals surface area contributed by atoms with Crippen molar-refractivity contribution in [1.82, 2.24) is 5.43 Å². The van der Waals surface area contributed by atoms with Crippen molar-refractivity contribution in [2.24, 2.45) is 5.10 Å². The maximum absolute atomic E-state index is 12.9. The fourth-order valence-electron chi connectivity index (χ4n) is 3.63. The van der Waals surface area contributed by atoms with Gasteiger partial charge in [-0.15, -0.1) is 0 Å². The largest absolute Gasteiger partial charge is 0.493 e. The Balaban J connectivity index is 1.48. The lowest BCUT2D eigenvalue weighted by Gasteiger charge is -2.12. The predicted octanol–water partition coefficient (Wildman–Crippen LogP) is 6.83. The van der Waals surface area contributed by atoms with Gasteiger partial charge in [-0.1, -0.05) is 71.7 Å². The number of nitrogens with one attached hydrogen (secondary N) is 1. The van der Waals surface area contributed by atoms with E-state index in [1.807, 2.05) is 30.3 Å². The van der Waals surface area contributed by atoms with Crippen molar-refractivity contribution in [3.05, 3.63) is 127 Å². The number of halogens is 2. The Morgan fingerprint density at radius 1 is 0.925 bits per heavy atom. The third kappa shape index (κ3) is 7.28. The molecule has 11 heteroatoms. The number of hydrogen-bond acceptors (Lipinski definition) is 7. The van der Waals surface area contributed by atoms with Crippen LogP contribution in [0.25, 0.3) is 0 Å². The monoisotopic (exact) mass is 579 g/mol. The van der Waals surface area contributed by atoms with Gasteiger partial charge in [0.25, 0.3) is 11.6 Å². The number of carbonyl (C=O) groups is 1. The molecule has 0 aliphatic heterocycles. The first kappa shape index (κ1) is 28.4. The van der Waals surface area contributed by atoms with E-state index in [-0.39, 0.29) is 41.5 Å². The molecule has 4 aromatic rings. The topological polar surface area (TPSA) is 112 Å². The number of rotatable bonds is 11. The average molecular weight is 580 g/mol. The van der Waals surface area contributed by atoms with Gasteiger partial charge in [0.2, 0.25) is 0 Å². The van der Waals surface area contributed by atoms with E-state index < -0.39 is 10.8 Å². The van der Waals surface area contributed by atoms with E-state index in [2.05, 4.69) is 10.5 Å². The molecule has 0 aliphatic rings. The number of nitro groups is 1. The minimum Gasteiger partial charge on any atom is -0.493 e. The molecule has 0 spiro atoms. The summed E-state index contributed by atoms with van der Waals surface area (Å²) in [4.78, 5) is 24.1. The number of methoxy groups -OCH3 is 1. The Morgan fingerprint density at radius 3 is 2.38 bits per heavy atom. The van der Waals surface area contributed by atoms with Crippen LogP contribution in [0.5, 0.6) is 17.2 Å². The number of nitrogens with zero attached hydrogens (tertiary/aromatic N) is 2. The van der Waals surface area contributed by atoms with Gasteiger partial charge in [0.05, 0.1) is 35.4 Å². The molecule has 0 fully saturated rings. The number of carbonyl (C=O) groups excluding carboxylic acids is 1. The molecular formula is C29H23Cl2N3O6. The fourth-order valence-corrected chi connectivity index (χ4v) is 4.09. The molecule has 0 aliphatic carbocycles. The van der Waals surface area contributed by atoms with Gasteiger partial charge in [-0.3, -0.25) is 14.9 Å². The van der Waals surface area contributed by atoms with Gasteiger partial charge < -0.3 is 14.2 Å². The average Bonchev–Trinajstić information content (AvgIpc) is 2.96. The van der Waals surface area contributed by atoms with Crippen LogP contribution in [0.2, 0.25) is 10.0 Å².